The molecule has 6 heteroatoms. The Bertz CT molecular complexity index is 849. The lowest BCUT2D eigenvalue weighted by Gasteiger charge is -2.11. The lowest BCUT2D eigenvalue weighted by Crippen LogP contribution is -2.06. The van der Waals surface area contributed by atoms with Gasteiger partial charge in [-0.25, -0.2) is 0 Å². The lowest BCUT2D eigenvalue weighted by molar-refractivity contribution is 0.410. The van der Waals surface area contributed by atoms with Crippen molar-refractivity contribution >= 4 is 17.5 Å². The summed E-state index contributed by atoms with van der Waals surface area (Å²) in [5.41, 5.74) is 3.27. The van der Waals surface area contributed by atoms with Gasteiger partial charge in [-0.1, -0.05) is 44.2 Å². The van der Waals surface area contributed by atoms with Crippen LogP contribution in [0, 0.1) is 0 Å². The zero-order valence-corrected chi connectivity index (χ0v) is 15.2. The van der Waals surface area contributed by atoms with Gasteiger partial charge >= 0.3 is 0 Å². The van der Waals surface area contributed by atoms with Gasteiger partial charge in [0.1, 0.15) is 5.75 Å². The number of ether oxygens (including phenoxy) is 1. The predicted molar refractivity (Wildman–Crippen MR) is 104 cm³/mol. The van der Waals surface area contributed by atoms with Crippen molar-refractivity contribution in [1.29, 1.82) is 0 Å². The number of rotatable bonds is 7. The van der Waals surface area contributed by atoms with E-state index in [0.29, 0.717) is 24.2 Å². The molecule has 0 spiro atoms. The quantitative estimate of drug-likeness (QED) is 0.660. The van der Waals surface area contributed by atoms with Gasteiger partial charge in [-0.3, -0.25) is 0 Å². The third kappa shape index (κ3) is 4.47. The third-order valence-corrected chi connectivity index (χ3v) is 4.04. The van der Waals surface area contributed by atoms with Gasteiger partial charge in [-0.05, 0) is 29.7 Å². The number of benzene rings is 2. The fourth-order valence-electron chi connectivity index (χ4n) is 2.56. The van der Waals surface area contributed by atoms with Crippen molar-refractivity contribution in [2.24, 2.45) is 0 Å². The van der Waals surface area contributed by atoms with E-state index < -0.39 is 0 Å². The minimum absolute atomic E-state index is 0.451. The van der Waals surface area contributed by atoms with Crippen LogP contribution < -0.4 is 15.4 Å². The molecule has 0 aliphatic carbocycles. The highest BCUT2D eigenvalue weighted by Crippen LogP contribution is 2.20. The Morgan fingerprint density at radius 3 is 2.54 bits per heavy atom. The van der Waals surface area contributed by atoms with Crippen LogP contribution in [0.2, 0.25) is 0 Å². The van der Waals surface area contributed by atoms with Crippen LogP contribution in [-0.2, 0) is 6.54 Å². The van der Waals surface area contributed by atoms with E-state index in [1.54, 1.807) is 13.3 Å². The number of para-hydroxylation sites is 1. The molecule has 3 rings (SSSR count). The van der Waals surface area contributed by atoms with Crippen molar-refractivity contribution in [3.63, 3.8) is 0 Å². The summed E-state index contributed by atoms with van der Waals surface area (Å²) in [6.07, 6.45) is 1.60. The smallest absolute Gasteiger partial charge is 0.249 e. The fourth-order valence-corrected chi connectivity index (χ4v) is 2.56. The van der Waals surface area contributed by atoms with E-state index in [9.17, 15) is 0 Å². The average Bonchev–Trinajstić information content (AvgIpc) is 2.67. The van der Waals surface area contributed by atoms with Crippen LogP contribution in [0.4, 0.5) is 17.5 Å². The first kappa shape index (κ1) is 17.7. The van der Waals surface area contributed by atoms with Crippen LogP contribution in [0.5, 0.6) is 5.75 Å². The maximum Gasteiger partial charge on any atom is 0.249 e. The second-order valence-corrected chi connectivity index (χ2v) is 6.23. The molecule has 0 saturated carbocycles. The van der Waals surface area contributed by atoms with E-state index in [4.69, 9.17) is 4.74 Å². The van der Waals surface area contributed by atoms with Gasteiger partial charge < -0.3 is 15.4 Å². The van der Waals surface area contributed by atoms with E-state index in [1.165, 1.54) is 5.56 Å². The van der Waals surface area contributed by atoms with E-state index >= 15 is 0 Å². The van der Waals surface area contributed by atoms with Crippen molar-refractivity contribution in [3.8, 4) is 5.75 Å². The molecule has 1 aromatic heterocycles. The molecule has 2 N–H and O–H groups in total. The van der Waals surface area contributed by atoms with Crippen molar-refractivity contribution in [1.82, 2.24) is 15.2 Å². The van der Waals surface area contributed by atoms with Crippen molar-refractivity contribution in [2.75, 3.05) is 17.7 Å². The van der Waals surface area contributed by atoms with Gasteiger partial charge in [-0.15, -0.1) is 5.10 Å². The number of hydrogen-bond donors (Lipinski definition) is 2. The number of hydrogen-bond acceptors (Lipinski definition) is 6. The molecule has 1 heterocycles. The summed E-state index contributed by atoms with van der Waals surface area (Å²) in [6.45, 7) is 4.93. The Balaban J connectivity index is 1.66. The summed E-state index contributed by atoms with van der Waals surface area (Å²) >= 11 is 0. The predicted octanol–water partition coefficient (Wildman–Crippen LogP) is 4.36. The number of methoxy groups -OCH3 is 1. The van der Waals surface area contributed by atoms with Crippen molar-refractivity contribution in [3.05, 3.63) is 65.9 Å². The van der Waals surface area contributed by atoms with E-state index in [1.807, 2.05) is 36.4 Å². The van der Waals surface area contributed by atoms with Crippen LogP contribution >= 0.6 is 0 Å². The molecular formula is C20H23N5O. The molecule has 0 aliphatic rings. The molecule has 0 bridgehead atoms. The van der Waals surface area contributed by atoms with Gasteiger partial charge in [0, 0.05) is 17.8 Å². The Hall–Kier alpha value is -3.15. The van der Waals surface area contributed by atoms with Crippen molar-refractivity contribution in [2.45, 2.75) is 26.3 Å². The number of nitrogens with zero attached hydrogens (tertiary/aromatic N) is 3. The normalized spacial score (nSPS) is 10.6. The molecule has 0 radical (unpaired) electrons. The second kappa shape index (κ2) is 8.29. The third-order valence-electron chi connectivity index (χ3n) is 4.04. The number of aromatic nitrogens is 3. The van der Waals surface area contributed by atoms with Gasteiger partial charge in [-0.2, -0.15) is 10.1 Å². The Morgan fingerprint density at radius 2 is 1.81 bits per heavy atom. The van der Waals surface area contributed by atoms with Gasteiger partial charge in [0.25, 0.3) is 0 Å². The van der Waals surface area contributed by atoms with Crippen LogP contribution in [0.3, 0.4) is 0 Å². The molecular weight excluding hydrogens is 326 g/mol. The molecule has 26 heavy (non-hydrogen) atoms. The van der Waals surface area contributed by atoms with Gasteiger partial charge in [0.05, 0.1) is 13.3 Å². The van der Waals surface area contributed by atoms with Gasteiger partial charge in [0.15, 0.2) is 5.82 Å². The molecule has 0 fully saturated rings. The summed E-state index contributed by atoms with van der Waals surface area (Å²) in [6, 6.07) is 16.1. The molecule has 0 amide bonds. The minimum atomic E-state index is 0.451. The summed E-state index contributed by atoms with van der Waals surface area (Å²) in [7, 11) is 1.66. The summed E-state index contributed by atoms with van der Waals surface area (Å²) in [5, 5.41) is 14.5. The van der Waals surface area contributed by atoms with Crippen LogP contribution in [0.15, 0.2) is 54.7 Å². The second-order valence-electron chi connectivity index (χ2n) is 6.23. The van der Waals surface area contributed by atoms with E-state index in [2.05, 4.69) is 51.8 Å². The fraction of sp³-hybridized carbons (Fsp3) is 0.250. The molecule has 134 valence electrons. The standard InChI is InChI=1S/C20H23N5O/c1-14(2)15-8-10-17(11-9-15)23-20-24-19(13-22-25-20)21-12-16-6-4-5-7-18(16)26-3/h4-11,13-14H,12H2,1-3H3,(H2,21,23,24,25). The number of nitrogens with one attached hydrogen (secondary N) is 2. The highest BCUT2D eigenvalue weighted by Gasteiger charge is 2.05. The minimum Gasteiger partial charge on any atom is -0.496 e. The Labute approximate surface area is 153 Å². The molecule has 0 unspecified atom stereocenters. The summed E-state index contributed by atoms with van der Waals surface area (Å²) in [5.74, 6) is 2.44. The highest BCUT2D eigenvalue weighted by molar-refractivity contribution is 5.54. The maximum atomic E-state index is 5.36. The maximum absolute atomic E-state index is 5.36. The van der Waals surface area contributed by atoms with Crippen LogP contribution in [-0.4, -0.2) is 22.3 Å². The lowest BCUT2D eigenvalue weighted by atomic mass is 10.0. The molecule has 6 nitrogen and oxygen atoms in total. The zero-order valence-electron chi connectivity index (χ0n) is 15.2. The van der Waals surface area contributed by atoms with Crippen molar-refractivity contribution < 1.29 is 4.74 Å². The SMILES string of the molecule is COc1ccccc1CNc1cnnc(Nc2ccc(C(C)C)cc2)n1. The summed E-state index contributed by atoms with van der Waals surface area (Å²) < 4.78 is 5.36. The van der Waals surface area contributed by atoms with E-state index in [0.717, 1.165) is 17.0 Å². The first-order valence-corrected chi connectivity index (χ1v) is 8.58. The first-order chi connectivity index (χ1) is 12.7. The van der Waals surface area contributed by atoms with E-state index in [-0.39, 0.29) is 0 Å². The first-order valence-electron chi connectivity index (χ1n) is 8.58. The van der Waals surface area contributed by atoms with Gasteiger partial charge in [0.2, 0.25) is 5.95 Å². The number of anilines is 3. The Morgan fingerprint density at radius 1 is 1.04 bits per heavy atom. The zero-order chi connectivity index (χ0) is 18.4. The topological polar surface area (TPSA) is 72.0 Å². The molecule has 3 aromatic rings. The Kier molecular flexibility index (Phi) is 5.63. The van der Waals surface area contributed by atoms with Crippen LogP contribution in [0.25, 0.3) is 0 Å². The average molecular weight is 349 g/mol. The molecule has 0 atom stereocenters. The summed E-state index contributed by atoms with van der Waals surface area (Å²) in [4.78, 5) is 4.46. The monoisotopic (exact) mass is 349 g/mol. The molecule has 0 aliphatic heterocycles. The highest BCUT2D eigenvalue weighted by atomic mass is 16.5. The largest absolute Gasteiger partial charge is 0.496 e. The molecule has 2 aromatic carbocycles. The van der Waals surface area contributed by atoms with Crippen LogP contribution in [0.1, 0.15) is 30.9 Å². The molecule has 0 saturated heterocycles.